The molecule has 2 aromatic rings. The van der Waals surface area contributed by atoms with Crippen molar-refractivity contribution >= 4 is 0 Å². The first-order valence-electron chi connectivity index (χ1n) is 8.57. The van der Waals surface area contributed by atoms with Crippen molar-refractivity contribution in [3.63, 3.8) is 0 Å². The lowest BCUT2D eigenvalue weighted by Gasteiger charge is -2.38. The maximum absolute atomic E-state index is 6.18. The minimum absolute atomic E-state index is 0.133. The molecule has 2 aromatic carbocycles. The zero-order valence-corrected chi connectivity index (χ0v) is 14.6. The summed E-state index contributed by atoms with van der Waals surface area (Å²) in [6.45, 7) is 9.55. The van der Waals surface area contributed by atoms with Gasteiger partial charge in [0.1, 0.15) is 11.4 Å². The summed E-state index contributed by atoms with van der Waals surface area (Å²) < 4.78 is 6.18. The van der Waals surface area contributed by atoms with E-state index in [2.05, 4.69) is 75.5 Å². The molecule has 0 bridgehead atoms. The number of hydrogen-bond donors (Lipinski definition) is 1. The van der Waals surface area contributed by atoms with Crippen LogP contribution in [0.5, 0.6) is 5.75 Å². The summed E-state index contributed by atoms with van der Waals surface area (Å²) in [6.07, 6.45) is 2.04. The molecule has 1 aliphatic heterocycles. The van der Waals surface area contributed by atoms with Crippen LogP contribution < -0.4 is 10.1 Å². The summed E-state index contributed by atoms with van der Waals surface area (Å²) in [5, 5.41) is 3.74. The van der Waals surface area contributed by atoms with E-state index in [9.17, 15) is 0 Å². The molecule has 0 spiro atoms. The number of ether oxygens (including phenoxy) is 1. The van der Waals surface area contributed by atoms with Gasteiger partial charge in [0, 0.05) is 24.6 Å². The van der Waals surface area contributed by atoms with Crippen molar-refractivity contribution in [2.75, 3.05) is 0 Å². The van der Waals surface area contributed by atoms with Gasteiger partial charge >= 0.3 is 0 Å². The quantitative estimate of drug-likeness (QED) is 0.863. The van der Waals surface area contributed by atoms with Crippen LogP contribution in [0, 0.1) is 6.92 Å². The van der Waals surface area contributed by atoms with Crippen molar-refractivity contribution in [1.82, 2.24) is 5.32 Å². The Balaban J connectivity index is 1.82. The van der Waals surface area contributed by atoms with Crippen LogP contribution in [0.4, 0.5) is 0 Å². The molecular weight excluding hydrogens is 282 g/mol. The summed E-state index contributed by atoms with van der Waals surface area (Å²) in [7, 11) is 0. The predicted octanol–water partition coefficient (Wildman–Crippen LogP) is 4.95. The fraction of sp³-hybridized carbons (Fsp3) is 0.429. The van der Waals surface area contributed by atoms with E-state index in [-0.39, 0.29) is 5.60 Å². The minimum Gasteiger partial charge on any atom is -0.487 e. The Hall–Kier alpha value is -1.80. The van der Waals surface area contributed by atoms with Gasteiger partial charge in [-0.05, 0) is 44.4 Å². The van der Waals surface area contributed by atoms with E-state index in [0.717, 1.165) is 25.1 Å². The van der Waals surface area contributed by atoms with Crippen molar-refractivity contribution in [3.05, 3.63) is 64.7 Å². The van der Waals surface area contributed by atoms with E-state index in [1.165, 1.54) is 22.3 Å². The zero-order chi connectivity index (χ0) is 16.4. The predicted molar refractivity (Wildman–Crippen MR) is 95.9 cm³/mol. The first kappa shape index (κ1) is 16.1. The maximum atomic E-state index is 6.18. The fourth-order valence-corrected chi connectivity index (χ4v) is 3.25. The van der Waals surface area contributed by atoms with Gasteiger partial charge in [-0.25, -0.2) is 0 Å². The minimum atomic E-state index is -0.133. The van der Waals surface area contributed by atoms with Crippen LogP contribution in [-0.2, 0) is 13.0 Å². The Labute approximate surface area is 139 Å². The molecule has 0 saturated carbocycles. The Bertz CT molecular complexity index is 673. The van der Waals surface area contributed by atoms with Crippen molar-refractivity contribution in [2.45, 2.75) is 58.7 Å². The molecule has 0 saturated heterocycles. The van der Waals surface area contributed by atoms with Gasteiger partial charge in [0.15, 0.2) is 0 Å². The number of aryl methyl sites for hydroxylation is 2. The second-order valence-corrected chi connectivity index (χ2v) is 7.21. The number of nitrogens with one attached hydrogen (secondary N) is 1. The fourth-order valence-electron chi connectivity index (χ4n) is 3.25. The zero-order valence-electron chi connectivity index (χ0n) is 14.6. The van der Waals surface area contributed by atoms with E-state index in [1.54, 1.807) is 0 Å². The van der Waals surface area contributed by atoms with Crippen LogP contribution in [0.15, 0.2) is 42.5 Å². The lowest BCUT2D eigenvalue weighted by molar-refractivity contribution is 0.0656. The van der Waals surface area contributed by atoms with Crippen LogP contribution in [0.25, 0.3) is 0 Å². The monoisotopic (exact) mass is 309 g/mol. The van der Waals surface area contributed by atoms with E-state index >= 15 is 0 Å². The molecule has 1 unspecified atom stereocenters. The summed E-state index contributed by atoms with van der Waals surface area (Å²) in [5.41, 5.74) is 5.17. The molecule has 122 valence electrons. The number of rotatable bonds is 4. The SMILES string of the molecule is CCc1ccc2c(c1)C(NCc1ccc(C)cc1)CC(C)(C)O2. The lowest BCUT2D eigenvalue weighted by atomic mass is 9.88. The average Bonchev–Trinajstić information content (AvgIpc) is 2.53. The van der Waals surface area contributed by atoms with Gasteiger partial charge in [0.25, 0.3) is 0 Å². The van der Waals surface area contributed by atoms with Crippen LogP contribution in [0.3, 0.4) is 0 Å². The largest absolute Gasteiger partial charge is 0.487 e. The van der Waals surface area contributed by atoms with Crippen molar-refractivity contribution in [2.24, 2.45) is 0 Å². The van der Waals surface area contributed by atoms with Crippen LogP contribution in [-0.4, -0.2) is 5.60 Å². The Morgan fingerprint density at radius 2 is 1.78 bits per heavy atom. The summed E-state index contributed by atoms with van der Waals surface area (Å²) >= 11 is 0. The molecule has 0 radical (unpaired) electrons. The summed E-state index contributed by atoms with van der Waals surface area (Å²) in [6, 6.07) is 15.7. The standard InChI is InChI=1S/C21H27NO/c1-5-16-10-11-20-18(12-16)19(13-21(3,4)23-20)22-14-17-8-6-15(2)7-9-17/h6-12,19,22H,5,13-14H2,1-4H3. The molecule has 0 aliphatic carbocycles. The summed E-state index contributed by atoms with van der Waals surface area (Å²) in [4.78, 5) is 0. The second-order valence-electron chi connectivity index (χ2n) is 7.21. The van der Waals surface area contributed by atoms with Crippen LogP contribution >= 0.6 is 0 Å². The van der Waals surface area contributed by atoms with E-state index in [0.29, 0.717) is 6.04 Å². The van der Waals surface area contributed by atoms with E-state index in [4.69, 9.17) is 4.74 Å². The number of hydrogen-bond acceptors (Lipinski definition) is 2. The molecule has 1 atom stereocenters. The van der Waals surface area contributed by atoms with E-state index < -0.39 is 0 Å². The Morgan fingerprint density at radius 3 is 2.48 bits per heavy atom. The molecule has 2 nitrogen and oxygen atoms in total. The van der Waals surface area contributed by atoms with E-state index in [1.807, 2.05) is 0 Å². The van der Waals surface area contributed by atoms with Gasteiger partial charge in [0.2, 0.25) is 0 Å². The first-order valence-corrected chi connectivity index (χ1v) is 8.57. The molecule has 0 amide bonds. The second kappa shape index (κ2) is 6.37. The third kappa shape index (κ3) is 3.76. The lowest BCUT2D eigenvalue weighted by Crippen LogP contribution is -2.39. The first-order chi connectivity index (χ1) is 11.0. The smallest absolute Gasteiger partial charge is 0.124 e. The van der Waals surface area contributed by atoms with Crippen molar-refractivity contribution < 1.29 is 4.74 Å². The van der Waals surface area contributed by atoms with Gasteiger partial charge in [-0.3, -0.25) is 0 Å². The Morgan fingerprint density at radius 1 is 1.09 bits per heavy atom. The normalized spacial score (nSPS) is 19.0. The van der Waals surface area contributed by atoms with Crippen LogP contribution in [0.1, 0.15) is 55.5 Å². The van der Waals surface area contributed by atoms with Gasteiger partial charge in [-0.2, -0.15) is 0 Å². The van der Waals surface area contributed by atoms with Crippen molar-refractivity contribution in [3.8, 4) is 5.75 Å². The topological polar surface area (TPSA) is 21.3 Å². The van der Waals surface area contributed by atoms with Gasteiger partial charge in [0.05, 0.1) is 0 Å². The number of fused-ring (bicyclic) bond motifs is 1. The molecule has 3 rings (SSSR count). The molecule has 1 heterocycles. The van der Waals surface area contributed by atoms with Crippen molar-refractivity contribution in [1.29, 1.82) is 0 Å². The van der Waals surface area contributed by atoms with Gasteiger partial charge < -0.3 is 10.1 Å². The molecule has 2 heteroatoms. The Kier molecular flexibility index (Phi) is 4.45. The molecule has 1 N–H and O–H groups in total. The molecular formula is C21H27NO. The third-order valence-corrected chi connectivity index (χ3v) is 4.61. The maximum Gasteiger partial charge on any atom is 0.124 e. The van der Waals surface area contributed by atoms with Gasteiger partial charge in [-0.1, -0.05) is 48.9 Å². The highest BCUT2D eigenvalue weighted by molar-refractivity contribution is 5.42. The summed E-state index contributed by atoms with van der Waals surface area (Å²) in [5.74, 6) is 1.03. The highest BCUT2D eigenvalue weighted by atomic mass is 16.5. The van der Waals surface area contributed by atoms with Crippen LogP contribution in [0.2, 0.25) is 0 Å². The molecule has 23 heavy (non-hydrogen) atoms. The third-order valence-electron chi connectivity index (χ3n) is 4.61. The van der Waals surface area contributed by atoms with Gasteiger partial charge in [-0.15, -0.1) is 0 Å². The number of benzene rings is 2. The highest BCUT2D eigenvalue weighted by Gasteiger charge is 2.33. The molecule has 0 aromatic heterocycles. The highest BCUT2D eigenvalue weighted by Crippen LogP contribution is 2.40. The molecule has 0 fully saturated rings. The molecule has 1 aliphatic rings. The average molecular weight is 309 g/mol.